The maximum atomic E-state index is 12.9. The van der Waals surface area contributed by atoms with Crippen molar-refractivity contribution in [3.63, 3.8) is 0 Å². The number of aromatic nitrogens is 2. The Morgan fingerprint density at radius 1 is 1.13 bits per heavy atom. The van der Waals surface area contributed by atoms with E-state index in [1.54, 1.807) is 24.3 Å². The van der Waals surface area contributed by atoms with E-state index in [0.717, 1.165) is 30.2 Å². The maximum Gasteiger partial charge on any atom is 0.231 e. The lowest BCUT2D eigenvalue weighted by Gasteiger charge is -2.24. The summed E-state index contributed by atoms with van der Waals surface area (Å²) >= 11 is 0. The molecule has 2 fully saturated rings. The van der Waals surface area contributed by atoms with Gasteiger partial charge in [0.15, 0.2) is 5.82 Å². The summed E-state index contributed by atoms with van der Waals surface area (Å²) in [6, 6.07) is 9.61. The Hall–Kier alpha value is -2.30. The average molecular weight is 311 g/mol. The fourth-order valence-electron chi connectivity index (χ4n) is 3.68. The molecule has 118 valence electrons. The van der Waals surface area contributed by atoms with Crippen molar-refractivity contribution in [2.75, 3.05) is 5.32 Å². The summed E-state index contributed by atoms with van der Waals surface area (Å²) in [6.45, 7) is 2.04. The molecule has 0 aliphatic heterocycles. The topological polar surface area (TPSA) is 54.9 Å². The van der Waals surface area contributed by atoms with Gasteiger partial charge in [-0.3, -0.25) is 4.79 Å². The van der Waals surface area contributed by atoms with Crippen LogP contribution in [0.25, 0.3) is 11.3 Å². The van der Waals surface area contributed by atoms with Gasteiger partial charge in [0, 0.05) is 11.0 Å². The first-order valence-electron chi connectivity index (χ1n) is 7.95. The van der Waals surface area contributed by atoms with Crippen LogP contribution in [0.4, 0.5) is 10.2 Å². The van der Waals surface area contributed by atoms with Crippen molar-refractivity contribution >= 4 is 11.7 Å². The van der Waals surface area contributed by atoms with Crippen molar-refractivity contribution in [2.24, 2.45) is 17.3 Å². The van der Waals surface area contributed by atoms with Crippen molar-refractivity contribution in [1.29, 1.82) is 0 Å². The van der Waals surface area contributed by atoms with Gasteiger partial charge in [0.2, 0.25) is 5.91 Å². The Morgan fingerprint density at radius 2 is 1.83 bits per heavy atom. The number of halogens is 1. The highest BCUT2D eigenvalue weighted by molar-refractivity contribution is 5.94. The third-order valence-electron chi connectivity index (χ3n) is 5.09. The average Bonchev–Trinajstić information content (AvgIpc) is 3.16. The molecule has 2 unspecified atom stereocenters. The van der Waals surface area contributed by atoms with Crippen LogP contribution in [-0.2, 0) is 4.79 Å². The monoisotopic (exact) mass is 311 g/mol. The summed E-state index contributed by atoms with van der Waals surface area (Å²) in [5.41, 5.74) is 1.17. The van der Waals surface area contributed by atoms with Crippen molar-refractivity contribution in [3.8, 4) is 11.3 Å². The van der Waals surface area contributed by atoms with Crippen molar-refractivity contribution < 1.29 is 9.18 Å². The number of nitrogens with one attached hydrogen (secondary N) is 1. The van der Waals surface area contributed by atoms with E-state index in [-0.39, 0.29) is 17.1 Å². The number of carbonyl (C=O) groups excluding carboxylic acids is 1. The van der Waals surface area contributed by atoms with Gasteiger partial charge < -0.3 is 5.32 Å². The summed E-state index contributed by atoms with van der Waals surface area (Å²) < 4.78 is 12.9. The molecule has 2 saturated carbocycles. The zero-order chi connectivity index (χ0) is 16.0. The number of nitrogens with zero attached hydrogens (tertiary/aromatic N) is 2. The van der Waals surface area contributed by atoms with Gasteiger partial charge in [0.05, 0.1) is 5.69 Å². The van der Waals surface area contributed by atoms with Gasteiger partial charge in [-0.25, -0.2) is 4.39 Å². The minimum atomic E-state index is -0.284. The smallest absolute Gasteiger partial charge is 0.231 e. The second kappa shape index (κ2) is 5.11. The standard InChI is InChI=1S/C18H18FN3O/c1-18(9-12-8-13(12)10-18)17(23)20-16-7-6-15(21-22-16)11-2-4-14(19)5-3-11/h2-7,12-13H,8-10H2,1H3,(H,20,22,23). The molecular weight excluding hydrogens is 293 g/mol. The van der Waals surface area contributed by atoms with Crippen molar-refractivity contribution in [1.82, 2.24) is 10.2 Å². The van der Waals surface area contributed by atoms with Crippen molar-refractivity contribution in [3.05, 3.63) is 42.2 Å². The third kappa shape index (κ3) is 2.71. The fraction of sp³-hybridized carbons (Fsp3) is 0.389. The molecule has 1 heterocycles. The number of benzene rings is 1. The van der Waals surface area contributed by atoms with E-state index in [0.29, 0.717) is 11.5 Å². The number of fused-ring (bicyclic) bond motifs is 1. The molecule has 0 bridgehead atoms. The minimum Gasteiger partial charge on any atom is -0.309 e. The normalized spacial score (nSPS) is 28.3. The van der Waals surface area contributed by atoms with Gasteiger partial charge >= 0.3 is 0 Å². The number of amides is 1. The first-order valence-corrected chi connectivity index (χ1v) is 7.95. The molecule has 2 atom stereocenters. The zero-order valence-corrected chi connectivity index (χ0v) is 12.9. The van der Waals surface area contributed by atoms with Crippen LogP contribution in [-0.4, -0.2) is 16.1 Å². The summed E-state index contributed by atoms with van der Waals surface area (Å²) in [6.07, 6.45) is 3.24. The van der Waals surface area contributed by atoms with E-state index in [9.17, 15) is 9.18 Å². The lowest BCUT2D eigenvalue weighted by molar-refractivity contribution is -0.125. The number of hydrogen-bond donors (Lipinski definition) is 1. The fourth-order valence-corrected chi connectivity index (χ4v) is 3.68. The van der Waals surface area contributed by atoms with Gasteiger partial charge in [0.1, 0.15) is 5.82 Å². The molecule has 0 spiro atoms. The first-order chi connectivity index (χ1) is 11.0. The summed E-state index contributed by atoms with van der Waals surface area (Å²) in [5.74, 6) is 1.71. The predicted octanol–water partition coefficient (Wildman–Crippen LogP) is 3.66. The molecule has 2 aliphatic rings. The second-order valence-corrected chi connectivity index (χ2v) is 6.99. The molecule has 0 saturated heterocycles. The Labute approximate surface area is 134 Å². The highest BCUT2D eigenvalue weighted by Crippen LogP contribution is 2.59. The first kappa shape index (κ1) is 14.3. The van der Waals surface area contributed by atoms with Crippen LogP contribution in [0.15, 0.2) is 36.4 Å². The molecule has 2 aliphatic carbocycles. The Kier molecular flexibility index (Phi) is 3.18. The molecule has 1 aromatic heterocycles. The molecule has 5 heteroatoms. The summed E-state index contributed by atoms with van der Waals surface area (Å²) in [4.78, 5) is 12.5. The van der Waals surface area contributed by atoms with Gasteiger partial charge in [0.25, 0.3) is 0 Å². The van der Waals surface area contributed by atoms with Crippen LogP contribution in [0, 0.1) is 23.1 Å². The maximum absolute atomic E-state index is 12.9. The highest BCUT2D eigenvalue weighted by Gasteiger charge is 2.54. The Balaban J connectivity index is 1.46. The van der Waals surface area contributed by atoms with E-state index in [1.165, 1.54) is 18.6 Å². The van der Waals surface area contributed by atoms with Crippen LogP contribution in [0.3, 0.4) is 0 Å². The van der Waals surface area contributed by atoms with Crippen LogP contribution in [0.2, 0.25) is 0 Å². The van der Waals surface area contributed by atoms with E-state index in [4.69, 9.17) is 0 Å². The molecule has 1 N–H and O–H groups in total. The lowest BCUT2D eigenvalue weighted by atomic mass is 9.84. The van der Waals surface area contributed by atoms with Gasteiger partial charge in [-0.1, -0.05) is 6.92 Å². The summed E-state index contributed by atoms with van der Waals surface area (Å²) in [7, 11) is 0. The third-order valence-corrected chi connectivity index (χ3v) is 5.09. The second-order valence-electron chi connectivity index (χ2n) is 6.99. The molecule has 2 aromatic rings. The van der Waals surface area contributed by atoms with E-state index < -0.39 is 0 Å². The van der Waals surface area contributed by atoms with E-state index >= 15 is 0 Å². The number of carbonyl (C=O) groups is 1. The number of rotatable bonds is 3. The molecule has 1 amide bonds. The molecule has 4 nitrogen and oxygen atoms in total. The van der Waals surface area contributed by atoms with Crippen molar-refractivity contribution in [2.45, 2.75) is 26.2 Å². The van der Waals surface area contributed by atoms with Crippen LogP contribution >= 0.6 is 0 Å². The number of anilines is 1. The van der Waals surface area contributed by atoms with Gasteiger partial charge in [-0.05, 0) is 67.5 Å². The quantitative estimate of drug-likeness (QED) is 0.941. The molecule has 23 heavy (non-hydrogen) atoms. The molecule has 1 aromatic carbocycles. The van der Waals surface area contributed by atoms with Gasteiger partial charge in [-0.2, -0.15) is 0 Å². The highest BCUT2D eigenvalue weighted by atomic mass is 19.1. The number of hydrogen-bond acceptors (Lipinski definition) is 3. The predicted molar refractivity (Wildman–Crippen MR) is 85.0 cm³/mol. The van der Waals surface area contributed by atoms with Crippen LogP contribution in [0.5, 0.6) is 0 Å². The SMILES string of the molecule is CC1(C(=O)Nc2ccc(-c3ccc(F)cc3)nn2)CC2CC2C1. The largest absolute Gasteiger partial charge is 0.309 e. The lowest BCUT2D eigenvalue weighted by Crippen LogP contribution is -2.32. The minimum absolute atomic E-state index is 0.0357. The zero-order valence-electron chi connectivity index (χ0n) is 12.9. The van der Waals surface area contributed by atoms with Crippen LogP contribution in [0.1, 0.15) is 26.2 Å². The van der Waals surface area contributed by atoms with E-state index in [2.05, 4.69) is 15.5 Å². The van der Waals surface area contributed by atoms with E-state index in [1.807, 2.05) is 6.92 Å². The molecule has 0 radical (unpaired) electrons. The molecular formula is C18H18FN3O. The summed E-state index contributed by atoms with van der Waals surface area (Å²) in [5, 5.41) is 11.1. The molecule has 4 rings (SSSR count). The van der Waals surface area contributed by atoms with Gasteiger partial charge in [-0.15, -0.1) is 10.2 Å². The Bertz CT molecular complexity index is 732. The van der Waals surface area contributed by atoms with Crippen LogP contribution < -0.4 is 5.32 Å². The Morgan fingerprint density at radius 3 is 2.43 bits per heavy atom.